The van der Waals surface area contributed by atoms with E-state index in [4.69, 9.17) is 10.2 Å². The largest absolute Gasteiger partial charge is 0.461 e. The number of amides is 1. The molecule has 1 saturated heterocycles. The molecule has 1 amide bonds. The highest BCUT2D eigenvalue weighted by Gasteiger charge is 2.43. The lowest BCUT2D eigenvalue weighted by atomic mass is 10.0. The van der Waals surface area contributed by atoms with Gasteiger partial charge >= 0.3 is 0 Å². The summed E-state index contributed by atoms with van der Waals surface area (Å²) in [5.41, 5.74) is 9.23. The monoisotopic (exact) mass is 313 g/mol. The quantitative estimate of drug-likeness (QED) is 0.683. The van der Waals surface area contributed by atoms with Crippen molar-refractivity contribution in [3.63, 3.8) is 0 Å². The molecule has 1 fully saturated rings. The Morgan fingerprint density at radius 3 is 2.87 bits per heavy atom. The zero-order valence-electron chi connectivity index (χ0n) is 13.8. The van der Waals surface area contributed by atoms with Crippen LogP contribution in [-0.2, 0) is 17.6 Å². The summed E-state index contributed by atoms with van der Waals surface area (Å²) in [7, 11) is 2.14. The fourth-order valence-electron chi connectivity index (χ4n) is 4.53. The summed E-state index contributed by atoms with van der Waals surface area (Å²) in [6.45, 7) is 0.971. The number of likely N-dealkylation sites (tertiary alicyclic amines) is 1. The van der Waals surface area contributed by atoms with Crippen LogP contribution >= 0.6 is 0 Å². The Morgan fingerprint density at radius 1 is 1.22 bits per heavy atom. The van der Waals surface area contributed by atoms with Crippen LogP contribution in [0.2, 0.25) is 0 Å². The number of hydrogen-bond donors (Lipinski definition) is 1. The number of likely N-dealkylation sites (N-methyl/N-ethyl adjacent to an activating group) is 1. The Hall–Kier alpha value is -1.81. The Balaban J connectivity index is 1.82. The van der Waals surface area contributed by atoms with E-state index in [0.717, 1.165) is 37.8 Å². The van der Waals surface area contributed by atoms with Gasteiger partial charge in [0.05, 0.1) is 13.6 Å². The molecule has 122 valence electrons. The summed E-state index contributed by atoms with van der Waals surface area (Å²) in [4.78, 5) is 11.9. The topological polar surface area (TPSA) is 56.2 Å². The van der Waals surface area contributed by atoms with Gasteiger partial charge < -0.3 is 10.2 Å². The number of hydrogen-bond acceptors (Lipinski definition) is 2. The summed E-state index contributed by atoms with van der Waals surface area (Å²) in [5.74, 6) is 0.987. The molecule has 2 aliphatic rings. The molecule has 0 spiro atoms. The maximum atomic E-state index is 11.9. The summed E-state index contributed by atoms with van der Waals surface area (Å²) in [5, 5.41) is 1.24. The molecule has 4 heteroatoms. The molecular formula is C19H25N2O2+. The van der Waals surface area contributed by atoms with Gasteiger partial charge in [0.1, 0.15) is 17.0 Å². The molecule has 2 aromatic rings. The van der Waals surface area contributed by atoms with Crippen molar-refractivity contribution in [1.82, 2.24) is 4.48 Å². The first-order valence-corrected chi connectivity index (χ1v) is 8.79. The predicted molar refractivity (Wildman–Crippen MR) is 92.3 cm³/mol. The van der Waals surface area contributed by atoms with Crippen LogP contribution in [-0.4, -0.2) is 25.5 Å². The first kappa shape index (κ1) is 14.8. The summed E-state index contributed by atoms with van der Waals surface area (Å²) in [6.07, 6.45) is 7.82. The third-order valence-electron chi connectivity index (χ3n) is 5.89. The van der Waals surface area contributed by atoms with Gasteiger partial charge in [0.2, 0.25) is 0 Å². The number of furan rings is 1. The zero-order chi connectivity index (χ0) is 16.0. The van der Waals surface area contributed by atoms with E-state index < -0.39 is 0 Å². The van der Waals surface area contributed by atoms with E-state index in [9.17, 15) is 4.79 Å². The molecule has 23 heavy (non-hydrogen) atoms. The fourth-order valence-corrected chi connectivity index (χ4v) is 4.53. The molecule has 4 rings (SSSR count). The molecule has 1 aliphatic carbocycles. The van der Waals surface area contributed by atoms with Gasteiger partial charge in [-0.2, -0.15) is 0 Å². The number of fused-ring (bicyclic) bond motifs is 3. The van der Waals surface area contributed by atoms with Crippen LogP contribution in [0.3, 0.4) is 0 Å². The fraction of sp³-hybridized carbons (Fsp3) is 0.526. The molecule has 2 heterocycles. The molecule has 2 N–H and O–H groups in total. The third-order valence-corrected chi connectivity index (χ3v) is 5.89. The minimum absolute atomic E-state index is 0.113. The highest BCUT2D eigenvalue weighted by molar-refractivity contribution is 5.87. The number of carbonyl (C=O) groups excluding carboxylic acids is 1. The standard InChI is InChI=1S/C19H24N2O2/c1-21(11-5-7-16(21)19(20)22)13-9-10-18-15(12-13)14-6-3-2-4-8-17(14)23-18/h9-10,12,16H,2-8,11H2,1H3,(H-,20,22)/p+1/t16-,21?/m0/s1. The van der Waals surface area contributed by atoms with Crippen LogP contribution in [0.15, 0.2) is 22.6 Å². The first-order chi connectivity index (χ1) is 11.1. The maximum absolute atomic E-state index is 11.9. The number of quaternary nitrogens is 1. The van der Waals surface area contributed by atoms with Crippen molar-refractivity contribution in [3.05, 3.63) is 29.5 Å². The van der Waals surface area contributed by atoms with Crippen molar-refractivity contribution in [1.29, 1.82) is 0 Å². The van der Waals surface area contributed by atoms with Crippen molar-refractivity contribution < 1.29 is 9.21 Å². The van der Waals surface area contributed by atoms with Crippen LogP contribution in [0.25, 0.3) is 11.0 Å². The SMILES string of the molecule is C[N+]1(c2ccc3oc4c(c3c2)CCCCC4)CCC[C@H]1C(N)=O. The average molecular weight is 313 g/mol. The Bertz CT molecular complexity index is 764. The molecule has 1 unspecified atom stereocenters. The zero-order valence-corrected chi connectivity index (χ0v) is 13.8. The van der Waals surface area contributed by atoms with Gasteiger partial charge in [-0.1, -0.05) is 6.42 Å². The Morgan fingerprint density at radius 2 is 2.04 bits per heavy atom. The molecule has 1 aliphatic heterocycles. The van der Waals surface area contributed by atoms with E-state index in [0.29, 0.717) is 4.48 Å². The van der Waals surface area contributed by atoms with Crippen LogP contribution in [0.1, 0.15) is 43.4 Å². The molecule has 2 atom stereocenters. The highest BCUT2D eigenvalue weighted by Crippen LogP contribution is 2.38. The molecule has 0 bridgehead atoms. The number of primary amides is 1. The van der Waals surface area contributed by atoms with Crippen LogP contribution in [0.4, 0.5) is 5.69 Å². The molecule has 1 aromatic heterocycles. The van der Waals surface area contributed by atoms with Crippen molar-refractivity contribution in [3.8, 4) is 0 Å². The van der Waals surface area contributed by atoms with Gasteiger partial charge in [0.25, 0.3) is 5.91 Å². The van der Waals surface area contributed by atoms with Gasteiger partial charge in [-0.15, -0.1) is 0 Å². The number of carbonyl (C=O) groups is 1. The first-order valence-electron chi connectivity index (χ1n) is 8.79. The predicted octanol–water partition coefficient (Wildman–Crippen LogP) is 3.29. The van der Waals surface area contributed by atoms with Crippen LogP contribution in [0, 0.1) is 0 Å². The van der Waals surface area contributed by atoms with Crippen molar-refractivity contribution in [2.75, 3.05) is 13.6 Å². The number of nitrogens with two attached hydrogens (primary N) is 1. The van der Waals surface area contributed by atoms with Crippen LogP contribution in [0.5, 0.6) is 0 Å². The van der Waals surface area contributed by atoms with Gasteiger partial charge in [0, 0.05) is 42.3 Å². The van der Waals surface area contributed by atoms with Crippen LogP contribution < -0.4 is 10.2 Å². The van der Waals surface area contributed by atoms with E-state index in [1.807, 2.05) is 0 Å². The molecular weight excluding hydrogens is 288 g/mol. The van der Waals surface area contributed by atoms with Crippen molar-refractivity contribution >= 4 is 22.6 Å². The van der Waals surface area contributed by atoms with Gasteiger partial charge in [-0.25, -0.2) is 0 Å². The third kappa shape index (κ3) is 2.27. The van der Waals surface area contributed by atoms with E-state index in [1.54, 1.807) is 0 Å². The average Bonchev–Trinajstić information content (AvgIpc) is 3.00. The molecule has 1 aromatic carbocycles. The number of aryl methyl sites for hydroxylation is 2. The van der Waals surface area contributed by atoms with Gasteiger partial charge in [-0.05, 0) is 25.3 Å². The van der Waals surface area contributed by atoms with E-state index in [1.165, 1.54) is 41.7 Å². The number of benzene rings is 1. The minimum Gasteiger partial charge on any atom is -0.461 e. The molecule has 0 radical (unpaired) electrons. The Kier molecular flexibility index (Phi) is 3.45. The van der Waals surface area contributed by atoms with E-state index in [2.05, 4.69) is 25.2 Å². The van der Waals surface area contributed by atoms with Gasteiger partial charge in [0.15, 0.2) is 6.04 Å². The second kappa shape index (κ2) is 5.38. The maximum Gasteiger partial charge on any atom is 0.276 e. The molecule has 4 nitrogen and oxygen atoms in total. The lowest BCUT2D eigenvalue weighted by Crippen LogP contribution is -2.55. The summed E-state index contributed by atoms with van der Waals surface area (Å²) < 4.78 is 6.73. The summed E-state index contributed by atoms with van der Waals surface area (Å²) >= 11 is 0. The number of nitrogens with zero attached hydrogens (tertiary/aromatic N) is 1. The van der Waals surface area contributed by atoms with Crippen molar-refractivity contribution in [2.24, 2.45) is 5.73 Å². The smallest absolute Gasteiger partial charge is 0.276 e. The lowest BCUT2D eigenvalue weighted by Gasteiger charge is -2.34. The summed E-state index contributed by atoms with van der Waals surface area (Å²) in [6, 6.07) is 6.34. The normalized spacial score (nSPS) is 27.8. The highest BCUT2D eigenvalue weighted by atomic mass is 16.3. The molecule has 0 saturated carbocycles. The van der Waals surface area contributed by atoms with E-state index >= 15 is 0 Å². The second-order valence-corrected chi connectivity index (χ2v) is 7.30. The van der Waals surface area contributed by atoms with Crippen molar-refractivity contribution in [2.45, 2.75) is 51.0 Å². The van der Waals surface area contributed by atoms with Gasteiger partial charge in [-0.3, -0.25) is 9.28 Å². The van der Waals surface area contributed by atoms with E-state index in [-0.39, 0.29) is 11.9 Å². The lowest BCUT2D eigenvalue weighted by molar-refractivity contribution is -0.121. The second-order valence-electron chi connectivity index (χ2n) is 7.30. The number of rotatable bonds is 2. The minimum atomic E-state index is -0.184. The Labute approximate surface area is 136 Å².